The van der Waals surface area contributed by atoms with Crippen LogP contribution in [0, 0.1) is 0 Å². The van der Waals surface area contributed by atoms with Crippen LogP contribution in [0.2, 0.25) is 0 Å². The summed E-state index contributed by atoms with van der Waals surface area (Å²) in [5.41, 5.74) is 0. The lowest BCUT2D eigenvalue weighted by atomic mass is 10.1. The Kier molecular flexibility index (Phi) is 12.5. The van der Waals surface area contributed by atoms with Gasteiger partial charge in [-0.05, 0) is 19.3 Å². The number of quaternary nitrogens is 1. The van der Waals surface area contributed by atoms with E-state index in [1.54, 1.807) is 0 Å². The smallest absolute Gasteiger partial charge is 0.165 e. The van der Waals surface area contributed by atoms with Crippen LogP contribution in [0.1, 0.15) is 84.5 Å². The molecule has 18 heavy (non-hydrogen) atoms. The maximum atomic E-state index is 6.38. The zero-order chi connectivity index (χ0) is 13.7. The van der Waals surface area contributed by atoms with E-state index in [4.69, 9.17) is 11.8 Å². The van der Waals surface area contributed by atoms with Gasteiger partial charge in [-0.25, -0.2) is 4.00 Å². The predicted octanol–water partition coefficient (Wildman–Crippen LogP) is 5.92. The zero-order valence-electron chi connectivity index (χ0n) is 13.0. The van der Waals surface area contributed by atoms with Crippen molar-refractivity contribution in [2.24, 2.45) is 0 Å². The number of nitrogens with zero attached hydrogens (tertiary/aromatic N) is 1. The fraction of sp³-hybridized carbons (Fsp3) is 1.00. The second kappa shape index (κ2) is 12.3. The van der Waals surface area contributed by atoms with Gasteiger partial charge in [0.15, 0.2) is 11.8 Å². The van der Waals surface area contributed by atoms with Crippen LogP contribution in [0.5, 0.6) is 0 Å². The van der Waals surface area contributed by atoms with Crippen LogP contribution in [0.3, 0.4) is 0 Å². The van der Waals surface area contributed by atoms with Gasteiger partial charge < -0.3 is 0 Å². The first kappa shape index (κ1) is 18.2. The molecule has 0 fully saturated rings. The molecule has 110 valence electrons. The lowest BCUT2D eigenvalue weighted by molar-refractivity contribution is -0.794. The molecular weight excluding hydrogens is 242 g/mol. The van der Waals surface area contributed by atoms with Crippen molar-refractivity contribution < 1.29 is 4.00 Å². The quantitative estimate of drug-likeness (QED) is 0.289. The van der Waals surface area contributed by atoms with Crippen LogP contribution in [-0.4, -0.2) is 24.1 Å². The van der Waals surface area contributed by atoms with Gasteiger partial charge in [0.25, 0.3) is 0 Å². The molecule has 0 aromatic rings. The maximum absolute atomic E-state index is 6.38. The molecule has 1 unspecified atom stereocenters. The molecule has 0 aliphatic carbocycles. The average molecular weight is 277 g/mol. The van der Waals surface area contributed by atoms with Crippen LogP contribution in [0.25, 0.3) is 0 Å². The molecule has 0 heterocycles. The average Bonchev–Trinajstić information content (AvgIpc) is 2.31. The SMILES string of the molecule is CCCCCCCCCCCC[N+](C)(Cl)CCC. The van der Waals surface area contributed by atoms with Crippen molar-refractivity contribution in [1.82, 2.24) is 0 Å². The predicted molar refractivity (Wildman–Crippen MR) is 83.9 cm³/mol. The van der Waals surface area contributed by atoms with Crippen molar-refractivity contribution in [3.63, 3.8) is 0 Å². The number of hydrogen-bond acceptors (Lipinski definition) is 0. The van der Waals surface area contributed by atoms with Crippen molar-refractivity contribution in [3.05, 3.63) is 0 Å². The summed E-state index contributed by atoms with van der Waals surface area (Å²) >= 11 is 6.38. The van der Waals surface area contributed by atoms with Crippen molar-refractivity contribution in [1.29, 1.82) is 0 Å². The standard InChI is InChI=1S/C16H35ClN/c1-4-6-7-8-9-10-11-12-13-14-16-18(3,17)15-5-2/h4-16H2,1-3H3/q+1. The first-order chi connectivity index (χ1) is 8.62. The largest absolute Gasteiger partial charge is 0.224 e. The Morgan fingerprint density at radius 2 is 1.06 bits per heavy atom. The molecule has 0 saturated heterocycles. The molecule has 0 saturated carbocycles. The fourth-order valence-electron chi connectivity index (χ4n) is 2.51. The van der Waals surface area contributed by atoms with E-state index in [0.29, 0.717) is 4.00 Å². The van der Waals surface area contributed by atoms with E-state index in [1.807, 2.05) is 0 Å². The molecular formula is C16H35ClN+. The molecule has 0 amide bonds. The summed E-state index contributed by atoms with van der Waals surface area (Å²) in [5, 5.41) is 0. The van der Waals surface area contributed by atoms with E-state index in [0.717, 1.165) is 13.1 Å². The molecule has 0 N–H and O–H groups in total. The molecule has 0 rings (SSSR count). The summed E-state index contributed by atoms with van der Waals surface area (Å²) in [7, 11) is 2.14. The van der Waals surface area contributed by atoms with Gasteiger partial charge in [0.1, 0.15) is 0 Å². The summed E-state index contributed by atoms with van der Waals surface area (Å²) < 4.78 is 0.688. The Labute approximate surface area is 121 Å². The molecule has 0 spiro atoms. The second-order valence-electron chi connectivity index (χ2n) is 5.89. The van der Waals surface area contributed by atoms with Crippen LogP contribution in [0.4, 0.5) is 0 Å². The first-order valence-corrected chi connectivity index (χ1v) is 8.50. The van der Waals surface area contributed by atoms with Gasteiger partial charge >= 0.3 is 0 Å². The third kappa shape index (κ3) is 12.7. The van der Waals surface area contributed by atoms with Crippen molar-refractivity contribution in [2.45, 2.75) is 84.5 Å². The lowest BCUT2D eigenvalue weighted by Gasteiger charge is -2.23. The zero-order valence-corrected chi connectivity index (χ0v) is 13.8. The minimum absolute atomic E-state index is 0.688. The Morgan fingerprint density at radius 3 is 1.50 bits per heavy atom. The van der Waals surface area contributed by atoms with E-state index in [2.05, 4.69) is 20.9 Å². The van der Waals surface area contributed by atoms with Gasteiger partial charge in [0.2, 0.25) is 0 Å². The highest BCUT2D eigenvalue weighted by Gasteiger charge is 2.16. The summed E-state index contributed by atoms with van der Waals surface area (Å²) in [6.45, 7) is 6.71. The van der Waals surface area contributed by atoms with Crippen LogP contribution in [-0.2, 0) is 0 Å². The van der Waals surface area contributed by atoms with Gasteiger partial charge in [-0.2, -0.15) is 0 Å². The van der Waals surface area contributed by atoms with E-state index >= 15 is 0 Å². The molecule has 1 atom stereocenters. The van der Waals surface area contributed by atoms with Gasteiger partial charge in [0.05, 0.1) is 20.1 Å². The van der Waals surface area contributed by atoms with Crippen molar-refractivity contribution in [2.75, 3.05) is 20.1 Å². The van der Waals surface area contributed by atoms with E-state index in [1.165, 1.54) is 70.6 Å². The second-order valence-corrected chi connectivity index (χ2v) is 6.71. The van der Waals surface area contributed by atoms with Gasteiger partial charge in [-0.1, -0.05) is 65.2 Å². The van der Waals surface area contributed by atoms with Crippen molar-refractivity contribution >= 4 is 11.8 Å². The van der Waals surface area contributed by atoms with Crippen LogP contribution in [0.15, 0.2) is 0 Å². The maximum Gasteiger partial charge on any atom is 0.165 e. The number of hydrogen-bond donors (Lipinski definition) is 0. The molecule has 0 radical (unpaired) electrons. The number of halogens is 1. The van der Waals surface area contributed by atoms with E-state index < -0.39 is 0 Å². The summed E-state index contributed by atoms with van der Waals surface area (Å²) in [6, 6.07) is 0. The first-order valence-electron chi connectivity index (χ1n) is 8.16. The third-order valence-electron chi connectivity index (χ3n) is 3.67. The van der Waals surface area contributed by atoms with Crippen LogP contribution < -0.4 is 0 Å². The van der Waals surface area contributed by atoms with E-state index in [-0.39, 0.29) is 0 Å². The molecule has 0 aromatic heterocycles. The molecule has 0 aliphatic rings. The van der Waals surface area contributed by atoms with Crippen molar-refractivity contribution in [3.8, 4) is 0 Å². The number of unbranched alkanes of at least 4 members (excludes halogenated alkanes) is 9. The van der Waals surface area contributed by atoms with Gasteiger partial charge in [-0.3, -0.25) is 0 Å². The summed E-state index contributed by atoms with van der Waals surface area (Å²) in [6.07, 6.45) is 15.2. The highest BCUT2D eigenvalue weighted by Crippen LogP contribution is 2.14. The summed E-state index contributed by atoms with van der Waals surface area (Å²) in [4.78, 5) is 0. The minimum Gasteiger partial charge on any atom is -0.224 e. The Balaban J connectivity index is 3.16. The third-order valence-corrected chi connectivity index (χ3v) is 4.01. The van der Waals surface area contributed by atoms with E-state index in [9.17, 15) is 0 Å². The normalized spacial score (nSPS) is 14.7. The topological polar surface area (TPSA) is 0 Å². The Hall–Kier alpha value is 0.250. The molecule has 0 aromatic carbocycles. The molecule has 0 aliphatic heterocycles. The molecule has 0 bridgehead atoms. The monoisotopic (exact) mass is 276 g/mol. The van der Waals surface area contributed by atoms with Crippen LogP contribution >= 0.6 is 11.8 Å². The molecule has 2 heteroatoms. The van der Waals surface area contributed by atoms with Gasteiger partial charge in [0, 0.05) is 0 Å². The fourth-order valence-corrected chi connectivity index (χ4v) is 2.80. The number of rotatable bonds is 13. The Morgan fingerprint density at radius 1 is 0.611 bits per heavy atom. The van der Waals surface area contributed by atoms with Gasteiger partial charge in [-0.15, -0.1) is 0 Å². The summed E-state index contributed by atoms with van der Waals surface area (Å²) in [5.74, 6) is 0. The minimum atomic E-state index is 0.688. The highest BCUT2D eigenvalue weighted by atomic mass is 35.5. The Bertz CT molecular complexity index is 168. The molecule has 1 nitrogen and oxygen atoms in total. The lowest BCUT2D eigenvalue weighted by Crippen LogP contribution is -2.35. The highest BCUT2D eigenvalue weighted by molar-refractivity contribution is 6.06.